The molecule has 1 aromatic rings. The van der Waals surface area contributed by atoms with Gasteiger partial charge < -0.3 is 14.6 Å². The van der Waals surface area contributed by atoms with Crippen LogP contribution in [0, 0.1) is 23.2 Å². The van der Waals surface area contributed by atoms with E-state index in [0.717, 1.165) is 13.0 Å². The summed E-state index contributed by atoms with van der Waals surface area (Å²) >= 11 is 0. The van der Waals surface area contributed by atoms with Gasteiger partial charge >= 0.3 is 5.97 Å². The number of rotatable bonds is 4. The van der Waals surface area contributed by atoms with Crippen LogP contribution in [0.5, 0.6) is 5.75 Å². The average molecular weight is 328 g/mol. The number of fused-ring (bicyclic) bond motifs is 1. The number of carbonyl (C=O) groups is 1. The summed E-state index contributed by atoms with van der Waals surface area (Å²) in [5, 5.41) is 8.69. The second-order valence-corrected chi connectivity index (χ2v) is 7.57. The zero-order valence-electron chi connectivity index (χ0n) is 14.0. The number of carboxylic acid groups (broad SMARTS) is 1. The lowest BCUT2D eigenvalue weighted by molar-refractivity contribution is -0.139. The Morgan fingerprint density at radius 3 is 2.83 bits per heavy atom. The minimum atomic E-state index is -0.965. The van der Waals surface area contributed by atoms with Gasteiger partial charge in [0, 0.05) is 6.61 Å². The van der Waals surface area contributed by atoms with E-state index in [0.29, 0.717) is 28.9 Å². The maximum absolute atomic E-state index is 10.6. The van der Waals surface area contributed by atoms with Gasteiger partial charge in [0.1, 0.15) is 5.75 Å². The quantitative estimate of drug-likeness (QED) is 0.854. The van der Waals surface area contributed by atoms with E-state index in [1.54, 1.807) is 0 Å². The van der Waals surface area contributed by atoms with Crippen LogP contribution < -0.4 is 4.74 Å². The molecule has 1 heterocycles. The Kier molecular flexibility index (Phi) is 3.68. The summed E-state index contributed by atoms with van der Waals surface area (Å²) in [5.74, 6) is 1.43. The predicted octanol–water partition coefficient (Wildman–Crippen LogP) is 3.83. The molecule has 1 spiro atoms. The Morgan fingerprint density at radius 2 is 2.17 bits per heavy atom. The third-order valence-electron chi connectivity index (χ3n) is 6.65. The second-order valence-electron chi connectivity index (χ2n) is 7.57. The molecule has 2 aliphatic carbocycles. The number of aliphatic carboxylic acids is 1. The summed E-state index contributed by atoms with van der Waals surface area (Å²) in [6, 6.07) is 7.73. The van der Waals surface area contributed by atoms with Crippen LogP contribution in [0.25, 0.3) is 0 Å². The van der Waals surface area contributed by atoms with E-state index in [2.05, 4.69) is 13.5 Å². The standard InChI is InChI=1S/C20H24O4/c1-12-13(2)20-7-8-23-19(17(20)9-15(12)10-20)14-3-5-16(6-4-14)24-11-18(21)22/h3-6,13,15,17,19H,1,7-11H2,2H3,(H,21,22)/t13?,15-,17-,19-,20?/m1/s1. The number of hydrogen-bond donors (Lipinski definition) is 1. The Balaban J connectivity index is 1.55. The summed E-state index contributed by atoms with van der Waals surface area (Å²) < 4.78 is 11.4. The largest absolute Gasteiger partial charge is 0.482 e. The van der Waals surface area contributed by atoms with Crippen molar-refractivity contribution in [2.45, 2.75) is 32.3 Å². The lowest BCUT2D eigenvalue weighted by atomic mass is 9.62. The molecule has 4 rings (SSSR count). The summed E-state index contributed by atoms with van der Waals surface area (Å²) in [4.78, 5) is 10.6. The van der Waals surface area contributed by atoms with Crippen LogP contribution in [-0.4, -0.2) is 24.3 Å². The van der Waals surface area contributed by atoms with Crippen molar-refractivity contribution in [1.82, 2.24) is 0 Å². The van der Waals surface area contributed by atoms with Gasteiger partial charge in [0.25, 0.3) is 0 Å². The highest BCUT2D eigenvalue weighted by Crippen LogP contribution is 2.68. The third kappa shape index (κ3) is 2.27. The molecule has 3 fully saturated rings. The van der Waals surface area contributed by atoms with Crippen molar-refractivity contribution < 1.29 is 19.4 Å². The molecule has 0 radical (unpaired) electrons. The molecular weight excluding hydrogens is 304 g/mol. The van der Waals surface area contributed by atoms with Crippen LogP contribution in [0.4, 0.5) is 0 Å². The van der Waals surface area contributed by atoms with E-state index in [1.165, 1.54) is 24.0 Å². The second kappa shape index (κ2) is 5.62. The third-order valence-corrected chi connectivity index (χ3v) is 6.65. The highest BCUT2D eigenvalue weighted by Gasteiger charge is 2.61. The molecule has 1 saturated heterocycles. The van der Waals surface area contributed by atoms with E-state index in [1.807, 2.05) is 24.3 Å². The van der Waals surface area contributed by atoms with Crippen LogP contribution in [0.1, 0.15) is 37.9 Å². The maximum atomic E-state index is 10.6. The predicted molar refractivity (Wildman–Crippen MR) is 89.8 cm³/mol. The number of ether oxygens (including phenoxy) is 2. The first-order valence-corrected chi connectivity index (χ1v) is 8.76. The fourth-order valence-electron chi connectivity index (χ4n) is 5.39. The topological polar surface area (TPSA) is 55.8 Å². The monoisotopic (exact) mass is 328 g/mol. The van der Waals surface area contributed by atoms with Crippen molar-refractivity contribution in [3.8, 4) is 5.75 Å². The molecule has 2 unspecified atom stereocenters. The Hall–Kier alpha value is -1.81. The summed E-state index contributed by atoms with van der Waals surface area (Å²) in [7, 11) is 0. The molecule has 4 heteroatoms. The normalized spacial score (nSPS) is 37.3. The fourth-order valence-corrected chi connectivity index (χ4v) is 5.39. The highest BCUT2D eigenvalue weighted by molar-refractivity contribution is 5.68. The van der Waals surface area contributed by atoms with Gasteiger partial charge in [-0.05, 0) is 60.1 Å². The number of benzene rings is 1. The van der Waals surface area contributed by atoms with Gasteiger partial charge in [0.2, 0.25) is 0 Å². The van der Waals surface area contributed by atoms with Crippen LogP contribution in [-0.2, 0) is 9.53 Å². The van der Waals surface area contributed by atoms with E-state index in [4.69, 9.17) is 14.6 Å². The maximum Gasteiger partial charge on any atom is 0.341 e. The van der Waals surface area contributed by atoms with Gasteiger partial charge in [0.05, 0.1) is 6.10 Å². The zero-order chi connectivity index (χ0) is 16.9. The van der Waals surface area contributed by atoms with E-state index < -0.39 is 5.97 Å². The molecule has 0 aromatic heterocycles. The average Bonchev–Trinajstić information content (AvgIpc) is 3.08. The minimum Gasteiger partial charge on any atom is -0.482 e. The molecule has 3 aliphatic rings. The van der Waals surface area contributed by atoms with E-state index in [-0.39, 0.29) is 12.7 Å². The van der Waals surface area contributed by atoms with Crippen LogP contribution in [0.15, 0.2) is 36.4 Å². The fraction of sp³-hybridized carbons (Fsp3) is 0.550. The van der Waals surface area contributed by atoms with E-state index >= 15 is 0 Å². The van der Waals surface area contributed by atoms with Gasteiger partial charge in [-0.3, -0.25) is 0 Å². The molecule has 1 aliphatic heterocycles. The summed E-state index contributed by atoms with van der Waals surface area (Å²) in [6.45, 7) is 7.18. The number of hydrogen-bond acceptors (Lipinski definition) is 3. The van der Waals surface area contributed by atoms with Gasteiger partial charge in [0.15, 0.2) is 6.61 Å². The molecule has 0 amide bonds. The van der Waals surface area contributed by atoms with Gasteiger partial charge in [-0.25, -0.2) is 4.79 Å². The molecule has 1 aromatic carbocycles. The Labute approximate surface area is 142 Å². The van der Waals surface area contributed by atoms with Crippen molar-refractivity contribution >= 4 is 5.97 Å². The lowest BCUT2D eigenvalue weighted by Gasteiger charge is -2.48. The molecule has 5 atom stereocenters. The van der Waals surface area contributed by atoms with Gasteiger partial charge in [-0.2, -0.15) is 0 Å². The molecule has 24 heavy (non-hydrogen) atoms. The van der Waals surface area contributed by atoms with Crippen LogP contribution >= 0.6 is 0 Å². The van der Waals surface area contributed by atoms with Gasteiger partial charge in [-0.15, -0.1) is 0 Å². The summed E-state index contributed by atoms with van der Waals surface area (Å²) in [6.07, 6.45) is 3.74. The SMILES string of the molecule is C=C1C(C)C23CCO[C@H](c4ccc(OCC(=O)O)cc4)[C@H]2C[C@@H]1C3. The van der Waals surface area contributed by atoms with E-state index in [9.17, 15) is 4.79 Å². The van der Waals surface area contributed by atoms with Gasteiger partial charge in [-0.1, -0.05) is 31.2 Å². The molecule has 2 saturated carbocycles. The Bertz CT molecular complexity index is 665. The van der Waals surface area contributed by atoms with Crippen molar-refractivity contribution in [2.75, 3.05) is 13.2 Å². The van der Waals surface area contributed by atoms with Crippen molar-refractivity contribution in [3.63, 3.8) is 0 Å². The minimum absolute atomic E-state index is 0.132. The highest BCUT2D eigenvalue weighted by atomic mass is 16.5. The van der Waals surface area contributed by atoms with Crippen LogP contribution in [0.3, 0.4) is 0 Å². The summed E-state index contributed by atoms with van der Waals surface area (Å²) in [5.41, 5.74) is 2.99. The number of carboxylic acids is 1. The molecular formula is C20H24O4. The van der Waals surface area contributed by atoms with Crippen molar-refractivity contribution in [1.29, 1.82) is 0 Å². The first kappa shape index (κ1) is 15.7. The molecule has 2 bridgehead atoms. The molecule has 1 N–H and O–H groups in total. The molecule has 4 nitrogen and oxygen atoms in total. The lowest BCUT2D eigenvalue weighted by Crippen LogP contribution is -2.42. The smallest absolute Gasteiger partial charge is 0.341 e. The molecule has 128 valence electrons. The van der Waals surface area contributed by atoms with Crippen molar-refractivity contribution in [3.05, 3.63) is 42.0 Å². The zero-order valence-corrected chi connectivity index (χ0v) is 14.0. The number of allylic oxidation sites excluding steroid dienone is 1. The van der Waals surface area contributed by atoms with Crippen LogP contribution in [0.2, 0.25) is 0 Å². The Morgan fingerprint density at radius 1 is 1.42 bits per heavy atom. The van der Waals surface area contributed by atoms with Crippen molar-refractivity contribution in [2.24, 2.45) is 23.2 Å². The first-order chi connectivity index (χ1) is 11.5. The first-order valence-electron chi connectivity index (χ1n) is 8.76.